The Balaban J connectivity index is 1.61. The number of benzene rings is 2. The third-order valence-corrected chi connectivity index (χ3v) is 4.74. The molecular weight excluding hydrogens is 378 g/mol. The van der Waals surface area contributed by atoms with Crippen LogP contribution >= 0.6 is 0 Å². The Labute approximate surface area is 177 Å². The molecule has 0 aliphatic rings. The minimum Gasteiger partial charge on any atom is -0.508 e. The first-order valence-corrected chi connectivity index (χ1v) is 10.1. The number of guanidine groups is 1. The van der Waals surface area contributed by atoms with Crippen molar-refractivity contribution in [3.63, 3.8) is 0 Å². The highest BCUT2D eigenvalue weighted by Crippen LogP contribution is 2.23. The summed E-state index contributed by atoms with van der Waals surface area (Å²) in [6.07, 6.45) is 4.42. The summed E-state index contributed by atoms with van der Waals surface area (Å²) in [7, 11) is 1.59. The van der Waals surface area contributed by atoms with Crippen molar-refractivity contribution in [3.05, 3.63) is 77.6 Å². The molecular formula is C23H29N5O2. The molecule has 0 aliphatic heterocycles. The zero-order valence-electron chi connectivity index (χ0n) is 17.5. The molecule has 3 N–H and O–H groups in total. The van der Waals surface area contributed by atoms with Crippen LogP contribution < -0.4 is 15.4 Å². The Bertz CT molecular complexity index is 954. The van der Waals surface area contributed by atoms with Crippen LogP contribution in [0.2, 0.25) is 0 Å². The molecule has 0 atom stereocenters. The van der Waals surface area contributed by atoms with E-state index in [4.69, 9.17) is 9.73 Å². The molecule has 0 aliphatic carbocycles. The molecule has 30 heavy (non-hydrogen) atoms. The summed E-state index contributed by atoms with van der Waals surface area (Å²) < 4.78 is 7.04. The van der Waals surface area contributed by atoms with E-state index >= 15 is 0 Å². The molecule has 0 amide bonds. The number of aliphatic imine (C=N–C) groups is 1. The van der Waals surface area contributed by atoms with Crippen molar-refractivity contribution in [2.75, 3.05) is 20.2 Å². The van der Waals surface area contributed by atoms with E-state index in [1.165, 1.54) is 5.56 Å². The number of aromatic nitrogens is 2. The first kappa shape index (κ1) is 21.2. The number of phenolic OH excluding ortho intramolecular Hbond substituents is 1. The summed E-state index contributed by atoms with van der Waals surface area (Å²) in [5.41, 5.74) is 3.23. The maximum Gasteiger partial charge on any atom is 0.191 e. The molecule has 1 heterocycles. The van der Waals surface area contributed by atoms with E-state index in [1.807, 2.05) is 48.1 Å². The highest BCUT2D eigenvalue weighted by Gasteiger charge is 2.06. The van der Waals surface area contributed by atoms with Crippen molar-refractivity contribution in [3.8, 4) is 11.5 Å². The Morgan fingerprint density at radius 2 is 1.93 bits per heavy atom. The molecule has 3 rings (SSSR count). The van der Waals surface area contributed by atoms with Crippen LogP contribution in [0.5, 0.6) is 11.5 Å². The van der Waals surface area contributed by atoms with Crippen LogP contribution in [0.3, 0.4) is 0 Å². The predicted molar refractivity (Wildman–Crippen MR) is 119 cm³/mol. The zero-order chi connectivity index (χ0) is 21.2. The Hall–Kier alpha value is -3.48. The predicted octanol–water partition coefficient (Wildman–Crippen LogP) is 2.94. The van der Waals surface area contributed by atoms with E-state index in [2.05, 4.69) is 27.9 Å². The van der Waals surface area contributed by atoms with Crippen LogP contribution in [-0.2, 0) is 19.5 Å². The van der Waals surface area contributed by atoms with Gasteiger partial charge in [0.1, 0.15) is 11.5 Å². The second-order valence-corrected chi connectivity index (χ2v) is 6.84. The second kappa shape index (κ2) is 10.9. The molecule has 1 aromatic heterocycles. The molecule has 0 bridgehead atoms. The van der Waals surface area contributed by atoms with E-state index < -0.39 is 0 Å². The second-order valence-electron chi connectivity index (χ2n) is 6.84. The van der Waals surface area contributed by atoms with E-state index in [-0.39, 0.29) is 5.75 Å². The topological polar surface area (TPSA) is 83.7 Å². The van der Waals surface area contributed by atoms with Crippen LogP contribution in [0.25, 0.3) is 0 Å². The SMILES string of the molecule is CCNC(=NCc1ccccc1Cn1cccn1)NCCc1ccc(OC)cc1O. The number of nitrogens with zero attached hydrogens (tertiary/aromatic N) is 3. The number of nitrogens with one attached hydrogen (secondary N) is 2. The fourth-order valence-corrected chi connectivity index (χ4v) is 3.14. The van der Waals surface area contributed by atoms with Crippen LogP contribution in [-0.4, -0.2) is 41.0 Å². The number of phenols is 1. The molecule has 158 valence electrons. The molecule has 7 nitrogen and oxygen atoms in total. The highest BCUT2D eigenvalue weighted by atomic mass is 16.5. The van der Waals surface area contributed by atoms with Gasteiger partial charge in [-0.2, -0.15) is 5.10 Å². The summed E-state index contributed by atoms with van der Waals surface area (Å²) in [6.45, 7) is 4.76. The van der Waals surface area contributed by atoms with Crippen molar-refractivity contribution in [2.45, 2.75) is 26.4 Å². The summed E-state index contributed by atoms with van der Waals surface area (Å²) >= 11 is 0. The number of aromatic hydroxyl groups is 1. The first-order chi connectivity index (χ1) is 14.7. The molecule has 3 aromatic rings. The van der Waals surface area contributed by atoms with Gasteiger partial charge in [0, 0.05) is 31.5 Å². The van der Waals surface area contributed by atoms with E-state index in [0.717, 1.165) is 30.2 Å². The first-order valence-electron chi connectivity index (χ1n) is 10.1. The van der Waals surface area contributed by atoms with Crippen molar-refractivity contribution in [1.29, 1.82) is 0 Å². The van der Waals surface area contributed by atoms with Gasteiger partial charge in [0.15, 0.2) is 5.96 Å². The van der Waals surface area contributed by atoms with Crippen LogP contribution in [0.4, 0.5) is 0 Å². The van der Waals surface area contributed by atoms with Crippen molar-refractivity contribution in [2.24, 2.45) is 4.99 Å². The molecule has 0 fully saturated rings. The maximum absolute atomic E-state index is 10.1. The Morgan fingerprint density at radius 1 is 1.10 bits per heavy atom. The van der Waals surface area contributed by atoms with Gasteiger partial charge in [0.25, 0.3) is 0 Å². The Kier molecular flexibility index (Phi) is 7.71. The third-order valence-electron chi connectivity index (χ3n) is 4.74. The largest absolute Gasteiger partial charge is 0.508 e. The van der Waals surface area contributed by atoms with Gasteiger partial charge < -0.3 is 20.5 Å². The molecule has 7 heteroatoms. The molecule has 0 radical (unpaired) electrons. The van der Waals surface area contributed by atoms with Gasteiger partial charge in [0.05, 0.1) is 20.2 Å². The van der Waals surface area contributed by atoms with E-state index in [1.54, 1.807) is 19.4 Å². The van der Waals surface area contributed by atoms with Gasteiger partial charge in [-0.05, 0) is 42.2 Å². The lowest BCUT2D eigenvalue weighted by Crippen LogP contribution is -2.38. The van der Waals surface area contributed by atoms with Gasteiger partial charge in [0.2, 0.25) is 0 Å². The third kappa shape index (κ3) is 6.01. The standard InChI is InChI=1S/C23H29N5O2/c1-3-24-23(25-13-11-18-9-10-21(30-2)15-22(18)29)26-16-19-7-4-5-8-20(19)17-28-14-6-12-27-28/h4-10,12,14-15,29H,3,11,13,16-17H2,1-2H3,(H2,24,25,26). The smallest absolute Gasteiger partial charge is 0.191 e. The van der Waals surface area contributed by atoms with Gasteiger partial charge in [-0.15, -0.1) is 0 Å². The normalized spacial score (nSPS) is 11.3. The number of ether oxygens (including phenoxy) is 1. The average Bonchev–Trinajstić information content (AvgIpc) is 3.27. The van der Waals surface area contributed by atoms with Crippen LogP contribution in [0, 0.1) is 0 Å². The monoisotopic (exact) mass is 407 g/mol. The zero-order valence-corrected chi connectivity index (χ0v) is 17.5. The minimum atomic E-state index is 0.241. The molecule has 0 spiro atoms. The van der Waals surface area contributed by atoms with Gasteiger partial charge in [-0.1, -0.05) is 30.3 Å². The fourth-order valence-electron chi connectivity index (χ4n) is 3.14. The summed E-state index contributed by atoms with van der Waals surface area (Å²) in [5, 5.41) is 21.0. The molecule has 0 saturated heterocycles. The van der Waals surface area contributed by atoms with Crippen molar-refractivity contribution >= 4 is 5.96 Å². The summed E-state index contributed by atoms with van der Waals surface area (Å²) in [5.74, 6) is 1.64. The van der Waals surface area contributed by atoms with Gasteiger partial charge in [-0.25, -0.2) is 4.99 Å². The molecule has 0 unspecified atom stereocenters. The number of rotatable bonds is 9. The lowest BCUT2D eigenvalue weighted by atomic mass is 10.1. The Morgan fingerprint density at radius 3 is 2.63 bits per heavy atom. The van der Waals surface area contributed by atoms with Crippen molar-refractivity contribution < 1.29 is 9.84 Å². The van der Waals surface area contributed by atoms with Crippen molar-refractivity contribution in [1.82, 2.24) is 20.4 Å². The maximum atomic E-state index is 10.1. The number of hydrogen-bond donors (Lipinski definition) is 3. The summed E-state index contributed by atoms with van der Waals surface area (Å²) in [4.78, 5) is 4.74. The fraction of sp³-hybridized carbons (Fsp3) is 0.304. The quantitative estimate of drug-likeness (QED) is 0.375. The van der Waals surface area contributed by atoms with Crippen LogP contribution in [0.1, 0.15) is 23.6 Å². The lowest BCUT2D eigenvalue weighted by Gasteiger charge is -2.13. The lowest BCUT2D eigenvalue weighted by molar-refractivity contribution is 0.406. The number of hydrogen-bond acceptors (Lipinski definition) is 4. The van der Waals surface area contributed by atoms with E-state index in [9.17, 15) is 5.11 Å². The highest BCUT2D eigenvalue weighted by molar-refractivity contribution is 5.79. The van der Waals surface area contributed by atoms with Crippen LogP contribution in [0.15, 0.2) is 65.9 Å². The average molecular weight is 408 g/mol. The van der Waals surface area contributed by atoms with Gasteiger partial charge >= 0.3 is 0 Å². The number of methoxy groups -OCH3 is 1. The molecule has 2 aromatic carbocycles. The van der Waals surface area contributed by atoms with Gasteiger partial charge in [-0.3, -0.25) is 4.68 Å². The minimum absolute atomic E-state index is 0.241. The summed E-state index contributed by atoms with van der Waals surface area (Å²) in [6, 6.07) is 15.6. The van der Waals surface area contributed by atoms with E-state index in [0.29, 0.717) is 25.3 Å². The molecule has 0 saturated carbocycles.